The summed E-state index contributed by atoms with van der Waals surface area (Å²) in [5.74, 6) is 0.911. The van der Waals surface area contributed by atoms with Crippen LogP contribution in [0.3, 0.4) is 0 Å². The van der Waals surface area contributed by atoms with E-state index in [0.29, 0.717) is 37.4 Å². The summed E-state index contributed by atoms with van der Waals surface area (Å²) in [6, 6.07) is 10.1. The van der Waals surface area contributed by atoms with E-state index in [2.05, 4.69) is 15.2 Å². The van der Waals surface area contributed by atoms with Crippen LogP contribution in [-0.2, 0) is 0 Å². The number of carbonyl (C=O) groups excluding carboxylic acids is 1. The predicted molar refractivity (Wildman–Crippen MR) is 94.9 cm³/mol. The minimum absolute atomic E-state index is 0.0435. The van der Waals surface area contributed by atoms with Crippen molar-refractivity contribution in [2.24, 2.45) is 0 Å². The second-order valence-corrected chi connectivity index (χ2v) is 5.85. The van der Waals surface area contributed by atoms with Crippen molar-refractivity contribution in [2.45, 2.75) is 6.92 Å². The lowest BCUT2D eigenvalue weighted by Gasteiger charge is -2.35. The standard InChI is InChI=1S/C17H19N5O3/c1-13-12-14(5-6-15(13)22(24)25)19-17(23)21-10-8-20(9-11-21)16-4-2-3-7-18-16/h2-7,12H,8-11H2,1H3,(H,19,23). The van der Waals surface area contributed by atoms with E-state index in [1.165, 1.54) is 6.07 Å². The lowest BCUT2D eigenvalue weighted by Crippen LogP contribution is -2.50. The normalized spacial score (nSPS) is 14.3. The van der Waals surface area contributed by atoms with Crippen LogP contribution < -0.4 is 10.2 Å². The van der Waals surface area contributed by atoms with Crippen LogP contribution in [0.25, 0.3) is 0 Å². The fourth-order valence-electron chi connectivity index (χ4n) is 2.82. The first-order chi connectivity index (χ1) is 12.0. The molecular formula is C17H19N5O3. The Morgan fingerprint density at radius 2 is 1.96 bits per heavy atom. The van der Waals surface area contributed by atoms with Gasteiger partial charge in [0.2, 0.25) is 0 Å². The van der Waals surface area contributed by atoms with E-state index in [9.17, 15) is 14.9 Å². The average Bonchev–Trinajstić information content (AvgIpc) is 2.62. The van der Waals surface area contributed by atoms with Crippen molar-refractivity contribution in [3.8, 4) is 0 Å². The highest BCUT2D eigenvalue weighted by molar-refractivity contribution is 5.89. The van der Waals surface area contributed by atoms with E-state index in [4.69, 9.17) is 0 Å². The molecule has 8 nitrogen and oxygen atoms in total. The zero-order valence-electron chi connectivity index (χ0n) is 13.9. The van der Waals surface area contributed by atoms with Crippen molar-refractivity contribution in [3.63, 3.8) is 0 Å². The Labute approximate surface area is 145 Å². The van der Waals surface area contributed by atoms with Gasteiger partial charge in [0, 0.05) is 49.7 Å². The zero-order valence-corrected chi connectivity index (χ0v) is 13.9. The van der Waals surface area contributed by atoms with E-state index in [0.717, 1.165) is 5.82 Å². The molecule has 1 fully saturated rings. The number of amides is 2. The van der Waals surface area contributed by atoms with Crippen LogP contribution in [0.5, 0.6) is 0 Å². The molecule has 1 aliphatic heterocycles. The van der Waals surface area contributed by atoms with Gasteiger partial charge in [0.1, 0.15) is 5.82 Å². The Hall–Kier alpha value is -3.16. The quantitative estimate of drug-likeness (QED) is 0.684. The molecule has 1 N–H and O–H groups in total. The average molecular weight is 341 g/mol. The molecule has 0 bridgehead atoms. The Morgan fingerprint density at radius 1 is 1.20 bits per heavy atom. The molecule has 1 aliphatic rings. The molecule has 3 rings (SSSR count). The van der Waals surface area contributed by atoms with Crippen molar-refractivity contribution in [3.05, 3.63) is 58.3 Å². The van der Waals surface area contributed by atoms with E-state index in [1.807, 2.05) is 18.2 Å². The number of hydrogen-bond acceptors (Lipinski definition) is 5. The topological polar surface area (TPSA) is 91.6 Å². The first kappa shape index (κ1) is 16.7. The van der Waals surface area contributed by atoms with Crippen molar-refractivity contribution < 1.29 is 9.72 Å². The molecule has 2 aromatic rings. The van der Waals surface area contributed by atoms with Gasteiger partial charge in [0.15, 0.2) is 0 Å². The minimum atomic E-state index is -0.433. The van der Waals surface area contributed by atoms with Crippen LogP contribution in [0.15, 0.2) is 42.6 Å². The number of carbonyl (C=O) groups is 1. The number of nitrogens with zero attached hydrogens (tertiary/aromatic N) is 4. The van der Waals surface area contributed by atoms with Gasteiger partial charge in [-0.05, 0) is 31.2 Å². The highest BCUT2D eigenvalue weighted by atomic mass is 16.6. The SMILES string of the molecule is Cc1cc(NC(=O)N2CCN(c3ccccn3)CC2)ccc1[N+](=O)[O-]. The molecule has 25 heavy (non-hydrogen) atoms. The second kappa shape index (κ2) is 7.16. The maximum atomic E-state index is 12.4. The number of urea groups is 1. The number of nitro benzene ring substituents is 1. The van der Waals surface area contributed by atoms with Gasteiger partial charge in [-0.25, -0.2) is 9.78 Å². The van der Waals surface area contributed by atoms with Gasteiger partial charge in [-0.1, -0.05) is 6.07 Å². The van der Waals surface area contributed by atoms with E-state index >= 15 is 0 Å². The number of piperazine rings is 1. The molecule has 8 heteroatoms. The first-order valence-corrected chi connectivity index (χ1v) is 8.01. The molecule has 0 radical (unpaired) electrons. The Bertz CT molecular complexity index is 773. The van der Waals surface area contributed by atoms with Crippen LogP contribution >= 0.6 is 0 Å². The highest BCUT2D eigenvalue weighted by Crippen LogP contribution is 2.22. The van der Waals surface area contributed by atoms with Crippen LogP contribution in [0.1, 0.15) is 5.56 Å². The first-order valence-electron chi connectivity index (χ1n) is 8.01. The lowest BCUT2D eigenvalue weighted by molar-refractivity contribution is -0.385. The van der Waals surface area contributed by atoms with Gasteiger partial charge >= 0.3 is 6.03 Å². The third-order valence-electron chi connectivity index (χ3n) is 4.18. The van der Waals surface area contributed by atoms with E-state index < -0.39 is 4.92 Å². The fraction of sp³-hybridized carbons (Fsp3) is 0.294. The second-order valence-electron chi connectivity index (χ2n) is 5.85. The van der Waals surface area contributed by atoms with Crippen molar-refractivity contribution >= 4 is 23.2 Å². The number of hydrogen-bond donors (Lipinski definition) is 1. The van der Waals surface area contributed by atoms with Gasteiger partial charge in [-0.15, -0.1) is 0 Å². The molecular weight excluding hydrogens is 322 g/mol. The van der Waals surface area contributed by atoms with E-state index in [-0.39, 0.29) is 11.7 Å². The Balaban J connectivity index is 1.58. The summed E-state index contributed by atoms with van der Waals surface area (Å²) in [5, 5.41) is 13.7. The summed E-state index contributed by atoms with van der Waals surface area (Å²) in [5.41, 5.74) is 1.12. The van der Waals surface area contributed by atoms with Crippen molar-refractivity contribution in [1.29, 1.82) is 0 Å². The van der Waals surface area contributed by atoms with Crippen molar-refractivity contribution in [1.82, 2.24) is 9.88 Å². The van der Waals surface area contributed by atoms with Gasteiger partial charge < -0.3 is 15.1 Å². The summed E-state index contributed by atoms with van der Waals surface area (Å²) in [4.78, 5) is 31.0. The number of pyridine rings is 1. The molecule has 1 aromatic heterocycles. The maximum absolute atomic E-state index is 12.4. The smallest absolute Gasteiger partial charge is 0.321 e. The van der Waals surface area contributed by atoms with Crippen LogP contribution in [-0.4, -0.2) is 47.0 Å². The van der Waals surface area contributed by atoms with E-state index in [1.54, 1.807) is 30.2 Å². The third-order valence-corrected chi connectivity index (χ3v) is 4.18. The molecule has 1 saturated heterocycles. The number of nitrogens with one attached hydrogen (secondary N) is 1. The Kier molecular flexibility index (Phi) is 4.78. The highest BCUT2D eigenvalue weighted by Gasteiger charge is 2.22. The minimum Gasteiger partial charge on any atom is -0.353 e. The van der Waals surface area contributed by atoms with Gasteiger partial charge in [-0.3, -0.25) is 10.1 Å². The molecule has 2 heterocycles. The summed E-state index contributed by atoms with van der Waals surface area (Å²) in [6.07, 6.45) is 1.76. The number of nitro groups is 1. The number of benzene rings is 1. The summed E-state index contributed by atoms with van der Waals surface area (Å²) >= 11 is 0. The summed E-state index contributed by atoms with van der Waals surface area (Å²) in [6.45, 7) is 4.26. The van der Waals surface area contributed by atoms with Crippen molar-refractivity contribution in [2.75, 3.05) is 36.4 Å². The molecule has 2 amide bonds. The van der Waals surface area contributed by atoms with Crippen LogP contribution in [0, 0.1) is 17.0 Å². The van der Waals surface area contributed by atoms with Crippen LogP contribution in [0.2, 0.25) is 0 Å². The van der Waals surface area contributed by atoms with Gasteiger partial charge in [0.05, 0.1) is 4.92 Å². The maximum Gasteiger partial charge on any atom is 0.321 e. The molecule has 1 aromatic carbocycles. The predicted octanol–water partition coefficient (Wildman–Crippen LogP) is 2.65. The summed E-state index contributed by atoms with van der Waals surface area (Å²) in [7, 11) is 0. The largest absolute Gasteiger partial charge is 0.353 e. The fourth-order valence-corrected chi connectivity index (χ4v) is 2.82. The summed E-state index contributed by atoms with van der Waals surface area (Å²) < 4.78 is 0. The van der Waals surface area contributed by atoms with Crippen LogP contribution in [0.4, 0.5) is 22.0 Å². The molecule has 0 atom stereocenters. The molecule has 130 valence electrons. The lowest BCUT2D eigenvalue weighted by atomic mass is 10.2. The molecule has 0 saturated carbocycles. The monoisotopic (exact) mass is 341 g/mol. The zero-order chi connectivity index (χ0) is 17.8. The third kappa shape index (κ3) is 3.85. The number of aryl methyl sites for hydroxylation is 1. The van der Waals surface area contributed by atoms with Gasteiger partial charge in [0.25, 0.3) is 5.69 Å². The molecule has 0 spiro atoms. The molecule has 0 aliphatic carbocycles. The van der Waals surface area contributed by atoms with Gasteiger partial charge in [-0.2, -0.15) is 0 Å². The number of aromatic nitrogens is 1. The Morgan fingerprint density at radius 3 is 2.56 bits per heavy atom. The number of rotatable bonds is 3. The molecule has 0 unspecified atom stereocenters. The number of anilines is 2.